The van der Waals surface area contributed by atoms with Crippen LogP contribution in [0, 0.1) is 0 Å². The number of hydrogen-bond donors (Lipinski definition) is 1. The first-order valence-electron chi connectivity index (χ1n) is 6.74. The van der Waals surface area contributed by atoms with Crippen molar-refractivity contribution in [3.8, 4) is 0 Å². The molecule has 1 N–H and O–H groups in total. The van der Waals surface area contributed by atoms with Gasteiger partial charge in [0.25, 0.3) is 0 Å². The van der Waals surface area contributed by atoms with E-state index in [0.29, 0.717) is 0 Å². The van der Waals surface area contributed by atoms with Gasteiger partial charge in [0.05, 0.1) is 15.6 Å². The Bertz CT molecular complexity index is 999. The highest BCUT2D eigenvalue weighted by atomic mass is 79.9. The van der Waals surface area contributed by atoms with Crippen LogP contribution in [-0.4, -0.2) is 14.2 Å². The Morgan fingerprint density at radius 2 is 1.75 bits per heavy atom. The van der Waals surface area contributed by atoms with Crippen molar-refractivity contribution < 1.29 is 13.2 Å². The monoisotopic (exact) mass is 445 g/mol. The summed E-state index contributed by atoms with van der Waals surface area (Å²) in [6.45, 7) is 1.53. The maximum absolute atomic E-state index is 13.0. The zero-order chi connectivity index (χ0) is 17.6. The number of allylic oxidation sites excluding steroid dienone is 2. The molecule has 2 aromatic rings. The number of Topliss-reactive ketones (excluding diaryl/α,β-unsaturated/α-hetero) is 1. The largest absolute Gasteiger partial charge is 0.356 e. The average Bonchev–Trinajstić information content (AvgIpc) is 2.49. The van der Waals surface area contributed by atoms with E-state index in [9.17, 15) is 13.2 Å². The standard InChI is InChI=1S/C16H10BrCl2NO3S/c1-8-16(15(21)9-2-4-10(17)5-3-9)24(22,23)13-7-11(18)6-12(19)14(13)20-8/h2-7,20H,1H3. The molecule has 0 aromatic heterocycles. The highest BCUT2D eigenvalue weighted by molar-refractivity contribution is 9.10. The quantitative estimate of drug-likeness (QED) is 0.654. The lowest BCUT2D eigenvalue weighted by molar-refractivity contribution is 0.104. The zero-order valence-electron chi connectivity index (χ0n) is 12.2. The molecule has 3 rings (SSSR count). The number of rotatable bonds is 2. The Morgan fingerprint density at radius 1 is 1.12 bits per heavy atom. The van der Waals surface area contributed by atoms with E-state index in [0.717, 1.165) is 4.47 Å². The maximum atomic E-state index is 13.0. The third kappa shape index (κ3) is 2.88. The van der Waals surface area contributed by atoms with Gasteiger partial charge in [-0.1, -0.05) is 39.1 Å². The molecule has 8 heteroatoms. The molecule has 0 saturated carbocycles. The number of ketones is 1. The summed E-state index contributed by atoms with van der Waals surface area (Å²) in [5.74, 6) is -0.589. The SMILES string of the molecule is CC1=C(C(=O)c2ccc(Br)cc2)S(=O)(=O)c2cc(Cl)cc(Cl)c2N1. The van der Waals surface area contributed by atoms with E-state index in [1.807, 2.05) is 0 Å². The van der Waals surface area contributed by atoms with Crippen LogP contribution in [0.3, 0.4) is 0 Å². The summed E-state index contributed by atoms with van der Waals surface area (Å²) in [5, 5.41) is 3.26. The second-order valence-electron chi connectivity index (χ2n) is 5.18. The molecule has 0 spiro atoms. The second kappa shape index (κ2) is 6.19. The minimum Gasteiger partial charge on any atom is -0.356 e. The van der Waals surface area contributed by atoms with E-state index >= 15 is 0 Å². The summed E-state index contributed by atoms with van der Waals surface area (Å²) in [5.41, 5.74) is 0.722. The van der Waals surface area contributed by atoms with Gasteiger partial charge in [-0.2, -0.15) is 0 Å². The van der Waals surface area contributed by atoms with Gasteiger partial charge >= 0.3 is 0 Å². The molecule has 1 aliphatic rings. The van der Waals surface area contributed by atoms with Crippen LogP contribution in [0.1, 0.15) is 17.3 Å². The van der Waals surface area contributed by atoms with E-state index in [2.05, 4.69) is 21.2 Å². The second-order valence-corrected chi connectivity index (χ2v) is 8.79. The van der Waals surface area contributed by atoms with Gasteiger partial charge < -0.3 is 5.32 Å². The first-order chi connectivity index (χ1) is 11.2. The number of halogens is 3. The van der Waals surface area contributed by atoms with Gasteiger partial charge in [0.2, 0.25) is 15.6 Å². The number of sulfone groups is 1. The van der Waals surface area contributed by atoms with Gasteiger partial charge in [-0.05, 0) is 43.3 Å². The summed E-state index contributed by atoms with van der Waals surface area (Å²) in [6, 6.07) is 9.19. The Hall–Kier alpha value is -1.34. The lowest BCUT2D eigenvalue weighted by atomic mass is 10.1. The molecule has 24 heavy (non-hydrogen) atoms. The van der Waals surface area contributed by atoms with E-state index in [1.54, 1.807) is 24.3 Å². The molecule has 1 heterocycles. The summed E-state index contributed by atoms with van der Waals surface area (Å²) < 4.78 is 26.7. The van der Waals surface area contributed by atoms with E-state index in [-0.39, 0.29) is 36.8 Å². The number of carbonyl (C=O) groups is 1. The van der Waals surface area contributed by atoms with Gasteiger partial charge in [0.15, 0.2) is 0 Å². The van der Waals surface area contributed by atoms with E-state index < -0.39 is 15.6 Å². The third-order valence-electron chi connectivity index (χ3n) is 3.54. The molecule has 0 bridgehead atoms. The summed E-state index contributed by atoms with van der Waals surface area (Å²) in [7, 11) is -4.05. The fourth-order valence-corrected chi connectivity index (χ4v) is 5.14. The molecular formula is C16H10BrCl2NO3S. The average molecular weight is 447 g/mol. The number of anilines is 1. The molecule has 0 fully saturated rings. The van der Waals surface area contributed by atoms with Crippen molar-refractivity contribution in [2.75, 3.05) is 5.32 Å². The number of hydrogen-bond acceptors (Lipinski definition) is 4. The zero-order valence-corrected chi connectivity index (χ0v) is 16.1. The Labute approximate surface area is 157 Å². The molecule has 0 atom stereocenters. The van der Waals surface area contributed by atoms with Gasteiger partial charge in [0, 0.05) is 20.8 Å². The van der Waals surface area contributed by atoms with Crippen LogP contribution in [0.15, 0.2) is 56.4 Å². The summed E-state index contributed by atoms with van der Waals surface area (Å²) >= 11 is 15.3. The molecule has 2 aromatic carbocycles. The van der Waals surface area contributed by atoms with Crippen LogP contribution in [0.4, 0.5) is 5.69 Å². The molecule has 124 valence electrons. The number of carbonyl (C=O) groups excluding carboxylic acids is 1. The minimum atomic E-state index is -4.05. The summed E-state index contributed by atoms with van der Waals surface area (Å²) in [4.78, 5) is 12.3. The Morgan fingerprint density at radius 3 is 2.38 bits per heavy atom. The van der Waals surface area contributed by atoms with Crippen molar-refractivity contribution >= 4 is 60.4 Å². The minimum absolute atomic E-state index is 0.105. The van der Waals surface area contributed by atoms with Crippen LogP contribution >= 0.6 is 39.1 Å². The van der Waals surface area contributed by atoms with E-state index in [1.165, 1.54) is 19.1 Å². The smallest absolute Gasteiger partial charge is 0.214 e. The number of benzene rings is 2. The summed E-state index contributed by atoms with van der Waals surface area (Å²) in [6.07, 6.45) is 0. The molecule has 0 aliphatic carbocycles. The molecule has 4 nitrogen and oxygen atoms in total. The number of fused-ring (bicyclic) bond motifs is 1. The van der Waals surface area contributed by atoms with Crippen molar-refractivity contribution in [2.45, 2.75) is 11.8 Å². The highest BCUT2D eigenvalue weighted by Gasteiger charge is 2.36. The lowest BCUT2D eigenvalue weighted by Gasteiger charge is -2.23. The van der Waals surface area contributed by atoms with Crippen molar-refractivity contribution in [3.05, 3.63) is 67.1 Å². The fourth-order valence-electron chi connectivity index (χ4n) is 2.46. The van der Waals surface area contributed by atoms with E-state index in [4.69, 9.17) is 23.2 Å². The lowest BCUT2D eigenvalue weighted by Crippen LogP contribution is -2.24. The molecular weight excluding hydrogens is 437 g/mol. The van der Waals surface area contributed by atoms with Crippen LogP contribution < -0.4 is 5.32 Å². The maximum Gasteiger partial charge on any atom is 0.214 e. The van der Waals surface area contributed by atoms with Gasteiger partial charge in [-0.15, -0.1) is 0 Å². The first kappa shape index (κ1) is 17.5. The van der Waals surface area contributed by atoms with Crippen molar-refractivity contribution in [2.24, 2.45) is 0 Å². The number of nitrogens with one attached hydrogen (secondary N) is 1. The van der Waals surface area contributed by atoms with Gasteiger partial charge in [0.1, 0.15) is 4.91 Å². The third-order valence-corrected chi connectivity index (χ3v) is 6.52. The van der Waals surface area contributed by atoms with Crippen molar-refractivity contribution in [1.29, 1.82) is 0 Å². The highest BCUT2D eigenvalue weighted by Crippen LogP contribution is 2.41. The topological polar surface area (TPSA) is 63.2 Å². The Kier molecular flexibility index (Phi) is 4.51. The van der Waals surface area contributed by atoms with Crippen LogP contribution in [0.25, 0.3) is 0 Å². The molecule has 0 radical (unpaired) electrons. The first-order valence-corrected chi connectivity index (χ1v) is 9.77. The van der Waals surface area contributed by atoms with Crippen LogP contribution in [-0.2, 0) is 9.84 Å². The predicted octanol–water partition coefficient (Wildman–Crippen LogP) is 5.07. The normalized spacial score (nSPS) is 15.7. The van der Waals surface area contributed by atoms with Gasteiger partial charge in [-0.3, -0.25) is 4.79 Å². The molecule has 0 amide bonds. The van der Waals surface area contributed by atoms with Crippen molar-refractivity contribution in [3.63, 3.8) is 0 Å². The van der Waals surface area contributed by atoms with Crippen molar-refractivity contribution in [1.82, 2.24) is 0 Å². The molecule has 0 unspecified atom stereocenters. The van der Waals surface area contributed by atoms with Crippen LogP contribution in [0.2, 0.25) is 10.0 Å². The Balaban J connectivity index is 2.19. The van der Waals surface area contributed by atoms with Crippen LogP contribution in [0.5, 0.6) is 0 Å². The molecule has 1 aliphatic heterocycles. The molecule has 0 saturated heterocycles. The fraction of sp³-hybridized carbons (Fsp3) is 0.0625. The predicted molar refractivity (Wildman–Crippen MR) is 98.4 cm³/mol. The van der Waals surface area contributed by atoms with Gasteiger partial charge in [-0.25, -0.2) is 8.42 Å².